The summed E-state index contributed by atoms with van der Waals surface area (Å²) in [5, 5.41) is 7.32. The van der Waals surface area contributed by atoms with Crippen LogP contribution in [0.2, 0.25) is 0 Å². The minimum Gasteiger partial charge on any atom is -0.497 e. The summed E-state index contributed by atoms with van der Waals surface area (Å²) in [7, 11) is 1.69. The van der Waals surface area contributed by atoms with Crippen LogP contribution in [0.15, 0.2) is 480 Å². The summed E-state index contributed by atoms with van der Waals surface area (Å²) < 4.78 is 5.22. The molecule has 0 amide bonds. The van der Waals surface area contributed by atoms with Crippen molar-refractivity contribution in [3.63, 3.8) is 0 Å². The lowest BCUT2D eigenvalue weighted by Crippen LogP contribution is -1.97. The van der Waals surface area contributed by atoms with Crippen LogP contribution in [-0.4, -0.2) is 37.0 Å². The molecule has 616 valence electrons. The molecule has 14 aromatic carbocycles. The van der Waals surface area contributed by atoms with E-state index in [2.05, 4.69) is 403 Å². The average molecular weight is 1650 g/mol. The highest BCUT2D eigenvalue weighted by Gasteiger charge is 2.20. The van der Waals surface area contributed by atoms with Crippen molar-refractivity contribution in [1.29, 1.82) is 0 Å². The van der Waals surface area contributed by atoms with Crippen LogP contribution in [0, 0.1) is 13.8 Å². The Bertz CT molecular complexity index is 7170. The number of para-hydroxylation sites is 1. The lowest BCUT2D eigenvalue weighted by molar-refractivity contribution is 0.415. The van der Waals surface area contributed by atoms with Crippen LogP contribution in [-0.2, 0) is 0 Å². The Kier molecular flexibility index (Phi) is 27.4. The molecule has 0 N–H and O–H groups in total. The van der Waals surface area contributed by atoms with E-state index in [0.717, 1.165) is 70.9 Å². The summed E-state index contributed by atoms with van der Waals surface area (Å²) in [6.45, 7) is 4.26. The van der Waals surface area contributed by atoms with Crippen molar-refractivity contribution in [2.75, 3.05) is 7.11 Å². The molecule has 20 aromatic rings. The van der Waals surface area contributed by atoms with Gasteiger partial charge in [-0.25, -0.2) is 4.98 Å². The Balaban J connectivity index is 0.000000108. The lowest BCUT2D eigenvalue weighted by Gasteiger charge is -2.17. The topological polar surface area (TPSA) is 86.6 Å². The molecule has 0 aliphatic heterocycles. The second-order valence-corrected chi connectivity index (χ2v) is 31.3. The minimum absolute atomic E-state index is 0.883. The summed E-state index contributed by atoms with van der Waals surface area (Å²) in [5.74, 6) is 0.883. The molecular formula is C121H96N6O. The van der Waals surface area contributed by atoms with Gasteiger partial charge in [0.25, 0.3) is 0 Å². The van der Waals surface area contributed by atoms with Gasteiger partial charge < -0.3 is 4.74 Å². The van der Waals surface area contributed by atoms with Crippen molar-refractivity contribution in [3.05, 3.63) is 514 Å². The van der Waals surface area contributed by atoms with Crippen LogP contribution in [0.3, 0.4) is 0 Å². The highest BCUT2D eigenvalue weighted by molar-refractivity contribution is 6.13. The van der Waals surface area contributed by atoms with Crippen LogP contribution in [0.25, 0.3) is 155 Å². The van der Waals surface area contributed by atoms with Crippen LogP contribution < -0.4 is 4.74 Å². The average Bonchev–Trinajstić information content (AvgIpc) is 0.829. The molecular weight excluding hydrogens is 1550 g/mol. The maximum absolute atomic E-state index is 5.22. The van der Waals surface area contributed by atoms with E-state index in [1.807, 2.05) is 116 Å². The molecule has 6 aromatic heterocycles. The summed E-state index contributed by atoms with van der Waals surface area (Å²) >= 11 is 0. The third-order valence-electron chi connectivity index (χ3n) is 23.0. The highest BCUT2D eigenvalue weighted by atomic mass is 16.5. The number of aromatic nitrogens is 6. The van der Waals surface area contributed by atoms with Crippen molar-refractivity contribution in [3.8, 4) is 95.2 Å². The molecule has 0 atom stereocenters. The van der Waals surface area contributed by atoms with Gasteiger partial charge in [-0.1, -0.05) is 376 Å². The molecule has 2 aliphatic carbocycles. The first kappa shape index (κ1) is 84.0. The molecule has 0 fully saturated rings. The Labute approximate surface area is 750 Å². The minimum atomic E-state index is 0.883. The smallest absolute Gasteiger partial charge is 0.118 e. The first-order valence-corrected chi connectivity index (χ1v) is 43.7. The van der Waals surface area contributed by atoms with E-state index in [-0.39, 0.29) is 0 Å². The number of allylic oxidation sites excluding steroid dienone is 8. The number of ether oxygens (including phenoxy) is 1. The number of hydrogen-bond acceptors (Lipinski definition) is 7. The lowest BCUT2D eigenvalue weighted by atomic mass is 9.88. The van der Waals surface area contributed by atoms with Crippen LogP contribution in [0.5, 0.6) is 5.75 Å². The quantitative estimate of drug-likeness (QED) is 0.106. The van der Waals surface area contributed by atoms with E-state index in [0.29, 0.717) is 0 Å². The zero-order valence-corrected chi connectivity index (χ0v) is 72.0. The SMILES string of the molecule is C1=CC(c2ccccc2)=C(c2ccc3ccccc3n2)CC1.COc1ccc(C2=C(c3ccccn3)CCC=C2)cc1.Cc1cc(-c2ccccc2)c(-c2ccccn2)c(-c2ccccc2)c1.Cc1cccnc1-c1ccccc1-c1ccccc1.c1ccc(-c2ccc3ccccc3c2-c2ccccn2)cc1.c1ccc(-c2cccc3ccc4cccnc4c23)cc1. The summed E-state index contributed by atoms with van der Waals surface area (Å²) in [6.07, 6.45) is 22.5. The molecule has 0 unspecified atom stereocenters. The van der Waals surface area contributed by atoms with Gasteiger partial charge in [-0.05, 0) is 229 Å². The van der Waals surface area contributed by atoms with Gasteiger partial charge in [-0.2, -0.15) is 0 Å². The van der Waals surface area contributed by atoms with Gasteiger partial charge in [0, 0.05) is 63.8 Å². The van der Waals surface area contributed by atoms with Gasteiger partial charge in [-0.15, -0.1) is 0 Å². The van der Waals surface area contributed by atoms with E-state index < -0.39 is 0 Å². The normalized spacial score (nSPS) is 11.9. The maximum Gasteiger partial charge on any atom is 0.118 e. The molecule has 0 spiro atoms. The molecule has 2 aliphatic rings. The molecule has 7 nitrogen and oxygen atoms in total. The zero-order chi connectivity index (χ0) is 86.8. The second-order valence-electron chi connectivity index (χ2n) is 31.3. The fraction of sp³-hybridized carbons (Fsp3) is 0.0579. The third-order valence-corrected chi connectivity index (χ3v) is 23.0. The second kappa shape index (κ2) is 41.8. The van der Waals surface area contributed by atoms with Gasteiger partial charge in [0.05, 0.1) is 46.6 Å². The molecule has 0 radical (unpaired) electrons. The molecule has 0 saturated heterocycles. The summed E-state index contributed by atoms with van der Waals surface area (Å²) in [6, 6.07) is 147. The highest BCUT2D eigenvalue weighted by Crippen LogP contribution is 2.43. The van der Waals surface area contributed by atoms with E-state index in [1.54, 1.807) is 7.11 Å². The fourth-order valence-corrected chi connectivity index (χ4v) is 16.8. The molecule has 7 heteroatoms. The van der Waals surface area contributed by atoms with E-state index in [9.17, 15) is 0 Å². The number of fused-ring (bicyclic) bond motifs is 5. The van der Waals surface area contributed by atoms with Crippen LogP contribution >= 0.6 is 0 Å². The molecule has 22 rings (SSSR count). The van der Waals surface area contributed by atoms with Gasteiger partial charge in [0.15, 0.2) is 0 Å². The first-order chi connectivity index (χ1) is 63.3. The fourth-order valence-electron chi connectivity index (χ4n) is 16.8. The molecule has 6 heterocycles. The van der Waals surface area contributed by atoms with Crippen molar-refractivity contribution in [2.45, 2.75) is 39.5 Å². The Morgan fingerprint density at radius 1 is 0.266 bits per heavy atom. The van der Waals surface area contributed by atoms with Crippen molar-refractivity contribution in [1.82, 2.24) is 29.9 Å². The molecule has 0 bridgehead atoms. The predicted octanol–water partition coefficient (Wildman–Crippen LogP) is 31.6. The number of rotatable bonds is 13. The standard InChI is InChI=1S/C24H19N.C21H17N.C21H15N.C19H13N.C18H17NO.C18H15N/c1-18-16-21(19-10-4-2-5-11-19)24(23-14-8-9-15-25-23)22(17-18)20-12-6-3-7-13-20;1-2-8-16(9-3-1)18-11-5-6-12-19(18)21-15-14-17-10-4-7-13-20(17)22-21;1-2-8-16(9-3-1)19-14-13-17-10-4-5-11-18(17)21(19)20-12-6-7-15-22-20;1-2-6-14(7-3-1)17-10-4-8-15-11-12-16-9-5-13-20-19(16)18(15)17;1-20-15-11-9-14(10-12-15)16-6-2-3-7-17(16)18-8-4-5-13-19-18;1-14-8-7-13-19-18(14)17-12-6-5-11-16(17)15-9-3-2-4-10-15/h2-17H,1H3;1-5,7-11,13-15H,6,12H2;1-15H;1-13H;2,4-6,8-13H,3,7H2,1H3;2-13H,1H3. The van der Waals surface area contributed by atoms with Crippen LogP contribution in [0.1, 0.15) is 59.3 Å². The Morgan fingerprint density at radius 2 is 0.688 bits per heavy atom. The Morgan fingerprint density at radius 3 is 1.27 bits per heavy atom. The van der Waals surface area contributed by atoms with Crippen molar-refractivity contribution >= 4 is 65.6 Å². The van der Waals surface area contributed by atoms with Gasteiger partial charge in [0.2, 0.25) is 0 Å². The van der Waals surface area contributed by atoms with Gasteiger partial charge in [-0.3, -0.25) is 24.9 Å². The molecule has 0 saturated carbocycles. The predicted molar refractivity (Wildman–Crippen MR) is 538 cm³/mol. The van der Waals surface area contributed by atoms with E-state index >= 15 is 0 Å². The molecule has 128 heavy (non-hydrogen) atoms. The largest absolute Gasteiger partial charge is 0.497 e. The number of aryl methyl sites for hydroxylation is 2. The van der Waals surface area contributed by atoms with Crippen molar-refractivity contribution < 1.29 is 4.74 Å². The number of pyridine rings is 6. The van der Waals surface area contributed by atoms with Crippen LogP contribution in [0.4, 0.5) is 0 Å². The van der Waals surface area contributed by atoms with Gasteiger partial charge >= 0.3 is 0 Å². The Hall–Kier alpha value is -16.2. The zero-order valence-electron chi connectivity index (χ0n) is 72.0. The summed E-state index contributed by atoms with van der Waals surface area (Å²) in [5.41, 5.74) is 33.3. The number of benzene rings is 14. The number of methoxy groups -OCH3 is 1. The first-order valence-electron chi connectivity index (χ1n) is 43.7. The summed E-state index contributed by atoms with van der Waals surface area (Å²) in [4.78, 5) is 27.7. The maximum atomic E-state index is 5.22. The monoisotopic (exact) mass is 1650 g/mol. The van der Waals surface area contributed by atoms with Gasteiger partial charge in [0.1, 0.15) is 5.75 Å². The number of nitrogens with zero attached hydrogens (tertiary/aromatic N) is 6. The van der Waals surface area contributed by atoms with E-state index in [1.165, 1.54) is 149 Å². The van der Waals surface area contributed by atoms with E-state index in [4.69, 9.17) is 9.72 Å². The third kappa shape index (κ3) is 20.2. The number of hydrogen-bond donors (Lipinski definition) is 0. The van der Waals surface area contributed by atoms with Crippen molar-refractivity contribution in [2.24, 2.45) is 0 Å².